The molecule has 0 bridgehead atoms. The first-order valence-electron chi connectivity index (χ1n) is 7.05. The predicted molar refractivity (Wildman–Crippen MR) is 97.8 cm³/mol. The number of methoxy groups -OCH3 is 1. The largest absolute Gasteiger partial charge is 0.483 e. The monoisotopic (exact) mass is 472 g/mol. The summed E-state index contributed by atoms with van der Waals surface area (Å²) in [5.74, 6) is -1.46. The number of benzene rings is 2. The minimum Gasteiger partial charge on any atom is -0.483 e. The summed E-state index contributed by atoms with van der Waals surface area (Å²) in [6, 6.07) is 9.40. The van der Waals surface area contributed by atoms with Crippen LogP contribution in [0.5, 0.6) is 5.75 Å². The van der Waals surface area contributed by atoms with Crippen molar-refractivity contribution in [3.05, 3.63) is 39.3 Å². The summed E-state index contributed by atoms with van der Waals surface area (Å²) >= 11 is 6.87. The minimum atomic E-state index is -0.699. The molecule has 0 saturated carbocycles. The number of amides is 2. The standard InChI is InChI=1S/C16H14Br2N2O5/c1-24-15(23)7-13(21)19-20-14(22)8-25-12-5-2-9-6-10(17)3-4-11(9)16(12)18/h2-6H,7-8H2,1H3,(H,19,21)(H,20,22). The zero-order chi connectivity index (χ0) is 18.4. The van der Waals surface area contributed by atoms with Crippen molar-refractivity contribution in [2.75, 3.05) is 13.7 Å². The van der Waals surface area contributed by atoms with Gasteiger partial charge in [0.1, 0.15) is 12.2 Å². The zero-order valence-electron chi connectivity index (χ0n) is 13.1. The Kier molecular flexibility index (Phi) is 6.77. The SMILES string of the molecule is COC(=O)CC(=O)NNC(=O)COc1ccc2cc(Br)ccc2c1Br. The molecular formula is C16H14Br2N2O5. The topological polar surface area (TPSA) is 93.7 Å². The van der Waals surface area contributed by atoms with Gasteiger partial charge in [0.15, 0.2) is 6.61 Å². The molecule has 0 saturated heterocycles. The van der Waals surface area contributed by atoms with Crippen LogP contribution in [0.4, 0.5) is 0 Å². The quantitative estimate of drug-likeness (QED) is 0.395. The first-order valence-corrected chi connectivity index (χ1v) is 8.64. The highest BCUT2D eigenvalue weighted by Crippen LogP contribution is 2.34. The van der Waals surface area contributed by atoms with Crippen molar-refractivity contribution in [2.24, 2.45) is 0 Å². The highest BCUT2D eigenvalue weighted by Gasteiger charge is 2.12. The molecule has 0 aliphatic carbocycles. The predicted octanol–water partition coefficient (Wildman–Crippen LogP) is 2.45. The minimum absolute atomic E-state index is 0.306. The van der Waals surface area contributed by atoms with Crippen molar-refractivity contribution in [3.63, 3.8) is 0 Å². The fourth-order valence-corrected chi connectivity index (χ4v) is 2.91. The summed E-state index contributed by atoms with van der Waals surface area (Å²) in [6.45, 7) is -0.306. The van der Waals surface area contributed by atoms with E-state index in [2.05, 4.69) is 47.4 Å². The number of hydrogen-bond donors (Lipinski definition) is 2. The number of halogens is 2. The van der Waals surface area contributed by atoms with Crippen molar-refractivity contribution in [1.29, 1.82) is 0 Å². The van der Waals surface area contributed by atoms with E-state index in [0.29, 0.717) is 5.75 Å². The molecule has 2 amide bonds. The fraction of sp³-hybridized carbons (Fsp3) is 0.188. The van der Waals surface area contributed by atoms with E-state index in [0.717, 1.165) is 19.7 Å². The maximum absolute atomic E-state index is 11.7. The van der Waals surface area contributed by atoms with Crippen LogP contribution >= 0.6 is 31.9 Å². The van der Waals surface area contributed by atoms with Gasteiger partial charge in [-0.2, -0.15) is 0 Å². The molecule has 2 aromatic rings. The van der Waals surface area contributed by atoms with Gasteiger partial charge in [0, 0.05) is 4.47 Å². The number of carbonyl (C=O) groups is 3. The fourth-order valence-electron chi connectivity index (χ4n) is 1.92. The summed E-state index contributed by atoms with van der Waals surface area (Å²) in [4.78, 5) is 34.0. The van der Waals surface area contributed by atoms with Crippen molar-refractivity contribution < 1.29 is 23.9 Å². The molecule has 7 nitrogen and oxygen atoms in total. The van der Waals surface area contributed by atoms with Crippen LogP contribution in [0.3, 0.4) is 0 Å². The van der Waals surface area contributed by atoms with Crippen molar-refractivity contribution >= 4 is 60.4 Å². The highest BCUT2D eigenvalue weighted by molar-refractivity contribution is 9.11. The van der Waals surface area contributed by atoms with Crippen molar-refractivity contribution in [3.8, 4) is 5.75 Å². The zero-order valence-corrected chi connectivity index (χ0v) is 16.3. The van der Waals surface area contributed by atoms with E-state index in [1.807, 2.05) is 24.3 Å². The molecule has 0 aromatic heterocycles. The third kappa shape index (κ3) is 5.43. The second-order valence-electron chi connectivity index (χ2n) is 4.88. The summed E-state index contributed by atoms with van der Waals surface area (Å²) in [5.41, 5.74) is 4.25. The lowest BCUT2D eigenvalue weighted by Gasteiger charge is -2.11. The average molecular weight is 474 g/mol. The Balaban J connectivity index is 1.90. The summed E-state index contributed by atoms with van der Waals surface area (Å²) in [7, 11) is 1.17. The Hall–Kier alpha value is -2.13. The Morgan fingerprint density at radius 1 is 1.04 bits per heavy atom. The number of fused-ring (bicyclic) bond motifs is 1. The second-order valence-corrected chi connectivity index (χ2v) is 6.59. The lowest BCUT2D eigenvalue weighted by atomic mass is 10.1. The van der Waals surface area contributed by atoms with E-state index in [-0.39, 0.29) is 6.61 Å². The van der Waals surface area contributed by atoms with Crippen LogP contribution in [-0.4, -0.2) is 31.5 Å². The molecular weight excluding hydrogens is 460 g/mol. The molecule has 2 aromatic carbocycles. The molecule has 132 valence electrons. The van der Waals surface area contributed by atoms with Crippen LogP contribution in [0.1, 0.15) is 6.42 Å². The molecule has 0 heterocycles. The molecule has 2 N–H and O–H groups in total. The van der Waals surface area contributed by atoms with Crippen LogP contribution in [0.25, 0.3) is 10.8 Å². The third-order valence-electron chi connectivity index (χ3n) is 3.11. The van der Waals surface area contributed by atoms with Gasteiger partial charge in [-0.05, 0) is 44.9 Å². The lowest BCUT2D eigenvalue weighted by Crippen LogP contribution is -2.44. The van der Waals surface area contributed by atoms with Crippen LogP contribution in [0.2, 0.25) is 0 Å². The smallest absolute Gasteiger partial charge is 0.315 e. The molecule has 0 radical (unpaired) electrons. The van der Waals surface area contributed by atoms with Crippen LogP contribution in [0, 0.1) is 0 Å². The van der Waals surface area contributed by atoms with E-state index in [1.165, 1.54) is 7.11 Å². The maximum Gasteiger partial charge on any atom is 0.315 e. The maximum atomic E-state index is 11.7. The number of hydrazine groups is 1. The van der Waals surface area contributed by atoms with E-state index in [1.54, 1.807) is 6.07 Å². The van der Waals surface area contributed by atoms with Gasteiger partial charge in [0.2, 0.25) is 5.91 Å². The second kappa shape index (κ2) is 8.82. The molecule has 2 rings (SSSR count). The average Bonchev–Trinajstić information content (AvgIpc) is 2.59. The van der Waals surface area contributed by atoms with Gasteiger partial charge in [-0.25, -0.2) is 0 Å². The Morgan fingerprint density at radius 3 is 2.48 bits per heavy atom. The Bertz CT molecular complexity index is 826. The van der Waals surface area contributed by atoms with E-state index in [9.17, 15) is 14.4 Å². The Morgan fingerprint density at radius 2 is 1.76 bits per heavy atom. The first-order chi connectivity index (χ1) is 11.9. The van der Waals surface area contributed by atoms with Gasteiger partial charge in [0.05, 0.1) is 11.6 Å². The summed E-state index contributed by atoms with van der Waals surface area (Å²) < 4.78 is 11.5. The third-order valence-corrected chi connectivity index (χ3v) is 4.42. The number of hydrogen-bond acceptors (Lipinski definition) is 5. The van der Waals surface area contributed by atoms with Crippen molar-refractivity contribution in [2.45, 2.75) is 6.42 Å². The van der Waals surface area contributed by atoms with Crippen molar-refractivity contribution in [1.82, 2.24) is 10.9 Å². The molecule has 0 unspecified atom stereocenters. The molecule has 0 aliphatic rings. The summed E-state index contributed by atoms with van der Waals surface area (Å²) in [5, 5.41) is 1.95. The van der Waals surface area contributed by atoms with Gasteiger partial charge in [-0.15, -0.1) is 0 Å². The number of rotatable bonds is 5. The molecule has 0 fully saturated rings. The van der Waals surface area contributed by atoms with Crippen LogP contribution in [0.15, 0.2) is 39.3 Å². The van der Waals surface area contributed by atoms with Gasteiger partial charge in [-0.1, -0.05) is 28.1 Å². The lowest BCUT2D eigenvalue weighted by molar-refractivity contribution is -0.144. The highest BCUT2D eigenvalue weighted by atomic mass is 79.9. The molecule has 0 aliphatic heterocycles. The van der Waals surface area contributed by atoms with Crippen LogP contribution < -0.4 is 15.6 Å². The van der Waals surface area contributed by atoms with Gasteiger partial charge in [0.25, 0.3) is 5.91 Å². The number of nitrogens with one attached hydrogen (secondary N) is 2. The van der Waals surface area contributed by atoms with E-state index < -0.39 is 24.2 Å². The number of esters is 1. The van der Waals surface area contributed by atoms with Gasteiger partial charge < -0.3 is 9.47 Å². The first kappa shape index (κ1) is 19.2. The normalized spacial score (nSPS) is 10.2. The van der Waals surface area contributed by atoms with Gasteiger partial charge >= 0.3 is 5.97 Å². The molecule has 9 heteroatoms. The molecule has 25 heavy (non-hydrogen) atoms. The number of carbonyl (C=O) groups excluding carboxylic acids is 3. The summed E-state index contributed by atoms with van der Waals surface area (Å²) in [6.07, 6.45) is -0.483. The molecule has 0 spiro atoms. The van der Waals surface area contributed by atoms with E-state index in [4.69, 9.17) is 4.74 Å². The van der Waals surface area contributed by atoms with Crippen LogP contribution in [-0.2, 0) is 19.1 Å². The van der Waals surface area contributed by atoms with Gasteiger partial charge in [-0.3, -0.25) is 25.2 Å². The Labute approximate surface area is 160 Å². The number of ether oxygens (including phenoxy) is 2. The van der Waals surface area contributed by atoms with E-state index >= 15 is 0 Å². The molecule has 0 atom stereocenters.